The van der Waals surface area contributed by atoms with E-state index in [1.807, 2.05) is 0 Å². The molecule has 3 rings (SSSR count). The zero-order chi connectivity index (χ0) is 13.1. The van der Waals surface area contributed by atoms with Crippen molar-refractivity contribution in [3.05, 3.63) is 70.8 Å². The second-order valence-electron chi connectivity index (χ2n) is 3.75. The van der Waals surface area contributed by atoms with Crippen molar-refractivity contribution < 1.29 is 12.7 Å². The van der Waals surface area contributed by atoms with Crippen LogP contribution in [0.5, 0.6) is 0 Å². The van der Waals surface area contributed by atoms with E-state index in [2.05, 4.69) is 0 Å². The molecule has 2 radical (unpaired) electrons. The molecule has 3 nitrogen and oxygen atoms in total. The van der Waals surface area contributed by atoms with Crippen LogP contribution in [-0.4, -0.2) is 34.1 Å². The number of rotatable bonds is 0. The van der Waals surface area contributed by atoms with Gasteiger partial charge in [-0.2, -0.15) is 0 Å². The van der Waals surface area contributed by atoms with Gasteiger partial charge >= 0.3 is 25.6 Å². The molecule has 1 aliphatic carbocycles. The molecule has 86 valence electrons. The van der Waals surface area contributed by atoms with Crippen molar-refractivity contribution in [3.8, 4) is 0 Å². The topological polar surface area (TPSA) is 51.2 Å². The molecular formula is C14H8O3Sn. The van der Waals surface area contributed by atoms with Crippen LogP contribution >= 0.6 is 0 Å². The van der Waals surface area contributed by atoms with E-state index in [9.17, 15) is 9.59 Å². The molecule has 0 amide bonds. The number of fused-ring (bicyclic) bond motifs is 2. The SMILES string of the molecule is O=C1c2ccccc2C(=O)c2ccccc21.[O]=[Sn]. The number of hydrogen-bond donors (Lipinski definition) is 0. The maximum absolute atomic E-state index is 12.1. The molecule has 0 aliphatic heterocycles. The Morgan fingerprint density at radius 1 is 0.556 bits per heavy atom. The molecule has 18 heavy (non-hydrogen) atoms. The molecule has 0 aromatic heterocycles. The summed E-state index contributed by atoms with van der Waals surface area (Å²) < 4.78 is 8.34. The molecule has 0 unspecified atom stereocenters. The van der Waals surface area contributed by atoms with E-state index in [1.54, 1.807) is 48.5 Å². The van der Waals surface area contributed by atoms with Gasteiger partial charge in [0.1, 0.15) is 0 Å². The van der Waals surface area contributed by atoms with E-state index in [-0.39, 0.29) is 11.6 Å². The van der Waals surface area contributed by atoms with E-state index in [0.29, 0.717) is 44.8 Å². The van der Waals surface area contributed by atoms with Crippen LogP contribution in [0.25, 0.3) is 0 Å². The van der Waals surface area contributed by atoms with Gasteiger partial charge in [-0.15, -0.1) is 0 Å². The molecule has 0 atom stereocenters. The summed E-state index contributed by atoms with van der Waals surface area (Å²) in [7, 11) is 0. The van der Waals surface area contributed by atoms with Crippen molar-refractivity contribution >= 4 is 34.1 Å². The average Bonchev–Trinajstić information content (AvgIpc) is 2.47. The minimum atomic E-state index is -0.0641. The van der Waals surface area contributed by atoms with Crippen LogP contribution in [0.3, 0.4) is 0 Å². The van der Waals surface area contributed by atoms with Gasteiger partial charge in [0.25, 0.3) is 0 Å². The van der Waals surface area contributed by atoms with Gasteiger partial charge in [-0.25, -0.2) is 0 Å². The van der Waals surface area contributed by atoms with Crippen LogP contribution in [0.2, 0.25) is 0 Å². The first-order valence-electron chi connectivity index (χ1n) is 5.27. The van der Waals surface area contributed by atoms with Gasteiger partial charge in [-0.05, 0) is 0 Å². The number of hydrogen-bond acceptors (Lipinski definition) is 3. The second kappa shape index (κ2) is 5.35. The fraction of sp³-hybridized carbons (Fsp3) is 0. The van der Waals surface area contributed by atoms with Crippen molar-refractivity contribution in [2.24, 2.45) is 0 Å². The van der Waals surface area contributed by atoms with Gasteiger partial charge < -0.3 is 0 Å². The van der Waals surface area contributed by atoms with E-state index >= 15 is 0 Å². The third-order valence-corrected chi connectivity index (χ3v) is 2.83. The van der Waals surface area contributed by atoms with Crippen LogP contribution in [0.1, 0.15) is 31.8 Å². The van der Waals surface area contributed by atoms with Gasteiger partial charge in [-0.1, -0.05) is 48.5 Å². The van der Waals surface area contributed by atoms with Gasteiger partial charge in [0, 0.05) is 22.3 Å². The van der Waals surface area contributed by atoms with E-state index < -0.39 is 0 Å². The van der Waals surface area contributed by atoms with Crippen LogP contribution in [-0.2, 0) is 3.08 Å². The Hall–Kier alpha value is -1.62. The molecule has 0 heterocycles. The maximum atomic E-state index is 12.1. The quantitative estimate of drug-likeness (QED) is 0.587. The molecule has 0 saturated carbocycles. The van der Waals surface area contributed by atoms with Crippen molar-refractivity contribution in [2.45, 2.75) is 0 Å². The number of carbonyl (C=O) groups is 2. The number of benzene rings is 2. The van der Waals surface area contributed by atoms with Gasteiger partial charge in [0.2, 0.25) is 0 Å². The summed E-state index contributed by atoms with van der Waals surface area (Å²) >= 11 is 0.300. The van der Waals surface area contributed by atoms with Crippen LogP contribution in [0, 0.1) is 0 Å². The fourth-order valence-electron chi connectivity index (χ4n) is 2.05. The minimum absolute atomic E-state index is 0.0641. The third-order valence-electron chi connectivity index (χ3n) is 2.83. The molecule has 2 aromatic rings. The fourth-order valence-corrected chi connectivity index (χ4v) is 2.05. The van der Waals surface area contributed by atoms with E-state index in [4.69, 9.17) is 3.08 Å². The standard InChI is InChI=1S/C14H8O2.O.Sn/c15-13-9-5-1-2-6-10(9)14(16)12-8-4-3-7-11(12)13;;/h1-8H;;. The second-order valence-corrected chi connectivity index (χ2v) is 3.75. The van der Waals surface area contributed by atoms with E-state index in [0.717, 1.165) is 0 Å². The Balaban J connectivity index is 0.000000574. The van der Waals surface area contributed by atoms with Crippen LogP contribution in [0.4, 0.5) is 0 Å². The molecule has 0 bridgehead atoms. The Labute approximate surface area is 117 Å². The summed E-state index contributed by atoms with van der Waals surface area (Å²) in [4.78, 5) is 24.2. The predicted octanol–water partition coefficient (Wildman–Crippen LogP) is 1.96. The first-order valence-corrected chi connectivity index (χ1v) is 6.43. The van der Waals surface area contributed by atoms with E-state index in [1.165, 1.54) is 0 Å². The number of ketones is 2. The first-order chi connectivity index (χ1) is 8.79. The molecule has 0 N–H and O–H groups in total. The van der Waals surface area contributed by atoms with Gasteiger partial charge in [-0.3, -0.25) is 9.59 Å². The normalized spacial score (nSPS) is 12.0. The first kappa shape index (κ1) is 12.8. The third kappa shape index (κ3) is 1.94. The zero-order valence-corrected chi connectivity index (χ0v) is 12.2. The van der Waals surface area contributed by atoms with Crippen LogP contribution < -0.4 is 0 Å². The summed E-state index contributed by atoms with van der Waals surface area (Å²) in [6, 6.07) is 13.9. The Morgan fingerprint density at radius 2 is 0.778 bits per heavy atom. The monoisotopic (exact) mass is 344 g/mol. The Kier molecular flexibility index (Phi) is 3.81. The molecule has 0 spiro atoms. The van der Waals surface area contributed by atoms with Crippen molar-refractivity contribution in [3.63, 3.8) is 0 Å². The van der Waals surface area contributed by atoms with Crippen molar-refractivity contribution in [1.29, 1.82) is 0 Å². The van der Waals surface area contributed by atoms with Crippen molar-refractivity contribution in [1.82, 2.24) is 0 Å². The summed E-state index contributed by atoms with van der Waals surface area (Å²) in [6.07, 6.45) is 0. The summed E-state index contributed by atoms with van der Waals surface area (Å²) in [5.74, 6) is -0.128. The summed E-state index contributed by atoms with van der Waals surface area (Å²) in [5.41, 5.74) is 2.02. The molecule has 0 saturated heterocycles. The summed E-state index contributed by atoms with van der Waals surface area (Å²) in [6.45, 7) is 0. The zero-order valence-electron chi connectivity index (χ0n) is 9.34. The summed E-state index contributed by atoms with van der Waals surface area (Å²) in [5, 5.41) is 0. The van der Waals surface area contributed by atoms with Crippen LogP contribution in [0.15, 0.2) is 48.5 Å². The average molecular weight is 343 g/mol. The van der Waals surface area contributed by atoms with Gasteiger partial charge in [0.15, 0.2) is 11.6 Å². The molecule has 1 aliphatic rings. The number of carbonyl (C=O) groups excluding carboxylic acids is 2. The molecular weight excluding hydrogens is 335 g/mol. The molecule has 4 heteroatoms. The Morgan fingerprint density at radius 3 is 1.00 bits per heavy atom. The van der Waals surface area contributed by atoms with Crippen molar-refractivity contribution in [2.75, 3.05) is 0 Å². The Bertz CT molecular complexity index is 529. The molecule has 0 fully saturated rings. The molecule has 2 aromatic carbocycles. The predicted molar refractivity (Wildman–Crippen MR) is 66.2 cm³/mol. The van der Waals surface area contributed by atoms with Gasteiger partial charge in [0.05, 0.1) is 0 Å².